The third kappa shape index (κ3) is 5.71. The number of hydrogen-bond acceptors (Lipinski definition) is 5. The van der Waals surface area contributed by atoms with Gasteiger partial charge in [-0.1, -0.05) is 24.3 Å². The third-order valence-corrected chi connectivity index (χ3v) is 7.26. The van der Waals surface area contributed by atoms with Crippen molar-refractivity contribution < 1.29 is 21.6 Å². The molecule has 0 fully saturated rings. The zero-order valence-electron chi connectivity index (χ0n) is 16.7. The first kappa shape index (κ1) is 21.6. The maximum absolute atomic E-state index is 12.1. The molecule has 0 spiro atoms. The molecule has 2 aromatic carbocycles. The van der Waals surface area contributed by atoms with E-state index in [-0.39, 0.29) is 12.6 Å². The molecule has 0 radical (unpaired) electrons. The zero-order valence-corrected chi connectivity index (χ0v) is 18.3. The van der Waals surface area contributed by atoms with Crippen LogP contribution in [0.25, 0.3) is 0 Å². The van der Waals surface area contributed by atoms with E-state index in [1.165, 1.54) is 0 Å². The first-order valence-corrected chi connectivity index (χ1v) is 12.8. The first-order valence-electron chi connectivity index (χ1n) is 9.35. The van der Waals surface area contributed by atoms with E-state index < -0.39 is 25.3 Å². The van der Waals surface area contributed by atoms with Crippen molar-refractivity contribution in [2.24, 2.45) is 0 Å². The summed E-state index contributed by atoms with van der Waals surface area (Å²) in [7, 11) is -6.69. The van der Waals surface area contributed by atoms with Crippen molar-refractivity contribution in [3.8, 4) is 5.75 Å². The monoisotopic (exact) mass is 438 g/mol. The Morgan fingerprint density at radius 2 is 1.72 bits per heavy atom. The van der Waals surface area contributed by atoms with Crippen molar-refractivity contribution in [1.82, 2.24) is 4.72 Å². The number of nitrogens with one attached hydrogen (secondary N) is 2. The van der Waals surface area contributed by atoms with E-state index in [1.54, 1.807) is 32.0 Å². The van der Waals surface area contributed by atoms with Gasteiger partial charge in [-0.2, -0.15) is 0 Å². The molecule has 158 valence electrons. The molecule has 1 atom stereocenters. The fourth-order valence-electron chi connectivity index (χ4n) is 3.24. The molecule has 0 amide bonds. The van der Waals surface area contributed by atoms with Crippen molar-refractivity contribution in [2.75, 3.05) is 11.0 Å². The van der Waals surface area contributed by atoms with E-state index >= 15 is 0 Å². The second-order valence-electron chi connectivity index (χ2n) is 7.57. The maximum atomic E-state index is 12.1. The van der Waals surface area contributed by atoms with Gasteiger partial charge < -0.3 is 4.74 Å². The van der Waals surface area contributed by atoms with Gasteiger partial charge in [-0.3, -0.25) is 4.72 Å². The van der Waals surface area contributed by atoms with Gasteiger partial charge in [0.25, 0.3) is 0 Å². The lowest BCUT2D eigenvalue weighted by molar-refractivity contribution is 0.306. The van der Waals surface area contributed by atoms with E-state index in [0.29, 0.717) is 24.3 Å². The Balaban J connectivity index is 1.67. The highest BCUT2D eigenvalue weighted by atomic mass is 32.2. The zero-order chi connectivity index (χ0) is 21.2. The molecular formula is C20H26N2O5S2. The van der Waals surface area contributed by atoms with E-state index in [0.717, 1.165) is 22.9 Å². The second kappa shape index (κ2) is 8.33. The van der Waals surface area contributed by atoms with Crippen LogP contribution in [0.5, 0.6) is 5.75 Å². The molecule has 3 rings (SSSR count). The number of fused-ring (bicyclic) bond motifs is 1. The van der Waals surface area contributed by atoms with Crippen LogP contribution < -0.4 is 14.2 Å². The lowest BCUT2D eigenvalue weighted by Gasteiger charge is -2.14. The smallest absolute Gasteiger partial charge is 0.229 e. The van der Waals surface area contributed by atoms with E-state index in [4.69, 9.17) is 4.74 Å². The largest absolute Gasteiger partial charge is 0.489 e. The Hall–Kier alpha value is -2.10. The Bertz CT molecular complexity index is 1100. The van der Waals surface area contributed by atoms with Crippen molar-refractivity contribution in [3.63, 3.8) is 0 Å². The van der Waals surface area contributed by atoms with Crippen LogP contribution in [0.4, 0.5) is 5.69 Å². The van der Waals surface area contributed by atoms with Gasteiger partial charge in [0.15, 0.2) is 0 Å². The van der Waals surface area contributed by atoms with Gasteiger partial charge in [-0.15, -0.1) is 0 Å². The molecule has 2 aromatic rings. The summed E-state index contributed by atoms with van der Waals surface area (Å²) in [5.41, 5.74) is 3.37. The summed E-state index contributed by atoms with van der Waals surface area (Å²) in [6, 6.07) is 12.6. The van der Waals surface area contributed by atoms with Gasteiger partial charge in [0.2, 0.25) is 20.0 Å². The number of rotatable bonds is 8. The van der Waals surface area contributed by atoms with Crippen LogP contribution in [0.3, 0.4) is 0 Å². The molecule has 0 aliphatic heterocycles. The minimum absolute atomic E-state index is 0.146. The first-order chi connectivity index (χ1) is 13.5. The standard InChI is InChI=1S/C20H26N2O5S2/c1-14(2)29(25,26)21-18-10-15-8-9-19(12-17(15)11-18)27-13-16-6-4-5-7-20(16)22-28(3,23)24/h4-9,12,14,18,21-22H,10-11,13H2,1-3H3/t18-/m0/s1. The maximum Gasteiger partial charge on any atom is 0.229 e. The van der Waals surface area contributed by atoms with Gasteiger partial charge in [0.1, 0.15) is 12.4 Å². The molecule has 0 unspecified atom stereocenters. The highest BCUT2D eigenvalue weighted by Gasteiger charge is 2.27. The Morgan fingerprint density at radius 1 is 1.03 bits per heavy atom. The SMILES string of the molecule is CC(C)S(=O)(=O)N[C@H]1Cc2ccc(OCc3ccccc3NS(C)(=O)=O)cc2C1. The van der Waals surface area contributed by atoms with Crippen molar-refractivity contribution >= 4 is 25.7 Å². The third-order valence-electron chi connectivity index (χ3n) is 4.77. The quantitative estimate of drug-likeness (QED) is 0.659. The minimum atomic E-state index is -3.38. The van der Waals surface area contributed by atoms with Crippen LogP contribution in [0, 0.1) is 0 Å². The Labute approximate surface area is 172 Å². The summed E-state index contributed by atoms with van der Waals surface area (Å²) >= 11 is 0. The summed E-state index contributed by atoms with van der Waals surface area (Å²) < 4.78 is 58.4. The molecule has 1 aliphatic carbocycles. The summed E-state index contributed by atoms with van der Waals surface area (Å²) in [5, 5.41) is -0.467. The second-order valence-corrected chi connectivity index (χ2v) is 11.6. The van der Waals surface area contributed by atoms with Gasteiger partial charge in [-0.05, 0) is 56.0 Å². The average molecular weight is 439 g/mol. The highest BCUT2D eigenvalue weighted by molar-refractivity contribution is 7.92. The molecule has 29 heavy (non-hydrogen) atoms. The van der Waals surface area contributed by atoms with Gasteiger partial charge in [0.05, 0.1) is 17.2 Å². The van der Waals surface area contributed by atoms with Crippen molar-refractivity contribution in [2.45, 2.75) is 44.6 Å². The molecular weight excluding hydrogens is 412 g/mol. The predicted molar refractivity (Wildman–Crippen MR) is 114 cm³/mol. The van der Waals surface area contributed by atoms with Crippen LogP contribution >= 0.6 is 0 Å². The number of para-hydroxylation sites is 1. The fraction of sp³-hybridized carbons (Fsp3) is 0.400. The molecule has 0 saturated heterocycles. The topological polar surface area (TPSA) is 102 Å². The van der Waals surface area contributed by atoms with Crippen LogP contribution in [0.2, 0.25) is 0 Å². The van der Waals surface area contributed by atoms with E-state index in [1.807, 2.05) is 24.3 Å². The number of ether oxygens (including phenoxy) is 1. The van der Waals surface area contributed by atoms with Crippen LogP contribution in [0.1, 0.15) is 30.5 Å². The molecule has 0 bridgehead atoms. The molecule has 2 N–H and O–H groups in total. The summed E-state index contributed by atoms with van der Waals surface area (Å²) in [5.74, 6) is 0.658. The Morgan fingerprint density at radius 3 is 2.41 bits per heavy atom. The predicted octanol–water partition coefficient (Wildman–Crippen LogP) is 2.43. The normalized spacial score (nSPS) is 16.6. The molecule has 9 heteroatoms. The molecule has 0 heterocycles. The lowest BCUT2D eigenvalue weighted by atomic mass is 10.1. The molecule has 1 aliphatic rings. The minimum Gasteiger partial charge on any atom is -0.489 e. The number of hydrogen-bond donors (Lipinski definition) is 2. The Kier molecular flexibility index (Phi) is 6.21. The number of sulfonamides is 2. The van der Waals surface area contributed by atoms with Crippen molar-refractivity contribution in [3.05, 3.63) is 59.2 Å². The molecule has 0 aromatic heterocycles. The lowest BCUT2D eigenvalue weighted by Crippen LogP contribution is -2.39. The van der Waals surface area contributed by atoms with Gasteiger partial charge >= 0.3 is 0 Å². The van der Waals surface area contributed by atoms with Crippen molar-refractivity contribution in [1.29, 1.82) is 0 Å². The van der Waals surface area contributed by atoms with E-state index in [9.17, 15) is 16.8 Å². The molecule has 0 saturated carbocycles. The summed E-state index contributed by atoms with van der Waals surface area (Å²) in [6.45, 7) is 3.53. The molecule has 7 nitrogen and oxygen atoms in total. The summed E-state index contributed by atoms with van der Waals surface area (Å²) in [6.07, 6.45) is 2.38. The fourth-order valence-corrected chi connectivity index (χ4v) is 4.74. The van der Waals surface area contributed by atoms with Gasteiger partial charge in [-0.25, -0.2) is 21.6 Å². The summed E-state index contributed by atoms with van der Waals surface area (Å²) in [4.78, 5) is 0. The van der Waals surface area contributed by atoms with Crippen LogP contribution in [-0.2, 0) is 39.5 Å². The highest BCUT2D eigenvalue weighted by Crippen LogP contribution is 2.28. The van der Waals surface area contributed by atoms with E-state index in [2.05, 4.69) is 9.44 Å². The number of benzene rings is 2. The van der Waals surface area contributed by atoms with Crippen LogP contribution in [-0.4, -0.2) is 34.4 Å². The van der Waals surface area contributed by atoms with Gasteiger partial charge in [0, 0.05) is 11.6 Å². The van der Waals surface area contributed by atoms with Crippen LogP contribution in [0.15, 0.2) is 42.5 Å². The average Bonchev–Trinajstić information content (AvgIpc) is 3.00. The number of anilines is 1.